The summed E-state index contributed by atoms with van der Waals surface area (Å²) in [6.45, 7) is 0. The highest BCUT2D eigenvalue weighted by Crippen LogP contribution is 2.11. The molecule has 53 valence electrons. The second-order valence-corrected chi connectivity index (χ2v) is 3.31. The van der Waals surface area contributed by atoms with Crippen molar-refractivity contribution >= 4 is 16.9 Å². The molecule has 0 aliphatic rings. The van der Waals surface area contributed by atoms with Crippen molar-refractivity contribution in [2.75, 3.05) is 12.0 Å². The van der Waals surface area contributed by atoms with Crippen molar-refractivity contribution in [3.8, 4) is 0 Å². The van der Waals surface area contributed by atoms with E-state index in [0.29, 0.717) is 5.69 Å². The van der Waals surface area contributed by atoms with E-state index in [1.807, 2.05) is 0 Å². The number of nitrogen functional groups attached to an aromatic ring is 1. The summed E-state index contributed by atoms with van der Waals surface area (Å²) in [7, 11) is 0. The zero-order valence-corrected chi connectivity index (χ0v) is 6.44. The minimum atomic E-state index is -0.939. The van der Waals surface area contributed by atoms with Gasteiger partial charge in [-0.1, -0.05) is 0 Å². The molecule has 1 unspecified atom stereocenters. The van der Waals surface area contributed by atoms with E-state index >= 15 is 0 Å². The van der Waals surface area contributed by atoms with Crippen molar-refractivity contribution in [2.24, 2.45) is 0 Å². The van der Waals surface area contributed by atoms with Crippen LogP contribution in [0, 0.1) is 6.07 Å². The van der Waals surface area contributed by atoms with E-state index in [2.05, 4.69) is 6.07 Å². The van der Waals surface area contributed by atoms with E-state index in [1.165, 1.54) is 0 Å². The molecule has 1 rings (SSSR count). The normalized spacial score (nSPS) is 13.0. The summed E-state index contributed by atoms with van der Waals surface area (Å²) in [6.07, 6.45) is 1.62. The molecule has 1 aromatic carbocycles. The fraction of sp³-hybridized carbons (Fsp3) is 0.143. The van der Waals surface area contributed by atoms with Crippen LogP contribution in [0.25, 0.3) is 0 Å². The Balaban J connectivity index is 2.96. The molecule has 1 aromatic rings. The molecule has 0 aliphatic carbocycles. The fourth-order valence-corrected chi connectivity index (χ4v) is 1.19. The summed E-state index contributed by atoms with van der Waals surface area (Å²) in [4.78, 5) is 0.747. The van der Waals surface area contributed by atoms with Gasteiger partial charge in [0.15, 0.2) is 4.90 Å². The standard InChI is InChI=1S/C7H8NOS/c1-10(9)7-4-2-3-6(8)5-7/h2,4-5H,8H2,1H3. The van der Waals surface area contributed by atoms with Crippen LogP contribution in [0.4, 0.5) is 5.69 Å². The van der Waals surface area contributed by atoms with Crippen LogP contribution in [0.3, 0.4) is 0 Å². The average Bonchev–Trinajstić information content (AvgIpc) is 1.88. The van der Waals surface area contributed by atoms with Crippen molar-refractivity contribution in [3.63, 3.8) is 0 Å². The van der Waals surface area contributed by atoms with Gasteiger partial charge in [-0.15, -0.1) is 0 Å². The summed E-state index contributed by atoms with van der Waals surface area (Å²) in [5, 5.41) is 0. The van der Waals surface area contributed by atoms with E-state index in [0.717, 1.165) is 4.90 Å². The van der Waals surface area contributed by atoms with Crippen molar-refractivity contribution in [2.45, 2.75) is 4.90 Å². The molecule has 3 heteroatoms. The predicted molar refractivity (Wildman–Crippen MR) is 42.0 cm³/mol. The molecule has 0 heterocycles. The first-order valence-electron chi connectivity index (χ1n) is 2.81. The lowest BCUT2D eigenvalue weighted by Crippen LogP contribution is -1.97. The van der Waals surface area contributed by atoms with Gasteiger partial charge < -0.3 is 10.3 Å². The first-order chi connectivity index (χ1) is 4.70. The molecule has 0 aromatic heterocycles. The Morgan fingerprint density at radius 3 is 2.80 bits per heavy atom. The van der Waals surface area contributed by atoms with E-state index in [9.17, 15) is 4.55 Å². The van der Waals surface area contributed by atoms with Gasteiger partial charge in [-0.2, -0.15) is 0 Å². The Hall–Kier alpha value is -0.670. The molecule has 1 atom stereocenters. The lowest BCUT2D eigenvalue weighted by Gasteiger charge is -2.02. The SMILES string of the molecule is C[S+]([O-])c1cc[c]c(N)c1. The van der Waals surface area contributed by atoms with Crippen molar-refractivity contribution < 1.29 is 4.55 Å². The van der Waals surface area contributed by atoms with Crippen LogP contribution in [0.15, 0.2) is 23.1 Å². The van der Waals surface area contributed by atoms with E-state index < -0.39 is 11.2 Å². The van der Waals surface area contributed by atoms with E-state index in [1.54, 1.807) is 24.5 Å². The van der Waals surface area contributed by atoms with Gasteiger partial charge in [0.25, 0.3) is 0 Å². The second-order valence-electron chi connectivity index (χ2n) is 1.93. The lowest BCUT2D eigenvalue weighted by atomic mass is 10.3. The first-order valence-corrected chi connectivity index (χ1v) is 4.36. The Labute approximate surface area is 63.2 Å². The van der Waals surface area contributed by atoms with Gasteiger partial charge in [0, 0.05) is 17.8 Å². The van der Waals surface area contributed by atoms with Gasteiger partial charge in [-0.3, -0.25) is 0 Å². The molecule has 0 spiro atoms. The highest BCUT2D eigenvalue weighted by Gasteiger charge is 2.01. The number of hydrogen-bond acceptors (Lipinski definition) is 2. The summed E-state index contributed by atoms with van der Waals surface area (Å²) >= 11 is -0.939. The third kappa shape index (κ3) is 1.65. The van der Waals surface area contributed by atoms with Crippen LogP contribution in [-0.4, -0.2) is 10.8 Å². The summed E-state index contributed by atoms with van der Waals surface area (Å²) < 4.78 is 10.8. The molecule has 10 heavy (non-hydrogen) atoms. The van der Waals surface area contributed by atoms with E-state index in [4.69, 9.17) is 5.73 Å². The smallest absolute Gasteiger partial charge is 0.154 e. The van der Waals surface area contributed by atoms with Crippen LogP contribution >= 0.6 is 0 Å². The number of anilines is 1. The molecule has 0 aliphatic heterocycles. The molecule has 0 fully saturated rings. The Morgan fingerprint density at radius 1 is 1.70 bits per heavy atom. The van der Waals surface area contributed by atoms with Gasteiger partial charge in [0.1, 0.15) is 6.26 Å². The number of nitrogens with two attached hydrogens (primary N) is 1. The Kier molecular flexibility index (Phi) is 2.19. The highest BCUT2D eigenvalue weighted by molar-refractivity contribution is 7.90. The molecule has 0 saturated carbocycles. The van der Waals surface area contributed by atoms with Crippen molar-refractivity contribution in [1.82, 2.24) is 0 Å². The molecule has 0 amide bonds. The van der Waals surface area contributed by atoms with Gasteiger partial charge >= 0.3 is 0 Å². The van der Waals surface area contributed by atoms with Gasteiger partial charge in [-0.25, -0.2) is 0 Å². The van der Waals surface area contributed by atoms with Gasteiger partial charge in [0.05, 0.1) is 0 Å². The van der Waals surface area contributed by atoms with Crippen molar-refractivity contribution in [1.29, 1.82) is 0 Å². The minimum absolute atomic E-state index is 0.535. The molecule has 0 bridgehead atoms. The second kappa shape index (κ2) is 2.94. The summed E-state index contributed by atoms with van der Waals surface area (Å²) in [5.74, 6) is 0. The monoisotopic (exact) mass is 154 g/mol. The van der Waals surface area contributed by atoms with Crippen LogP contribution in [0.5, 0.6) is 0 Å². The number of rotatable bonds is 1. The van der Waals surface area contributed by atoms with Crippen molar-refractivity contribution in [3.05, 3.63) is 24.3 Å². The Morgan fingerprint density at radius 2 is 2.40 bits per heavy atom. The summed E-state index contributed by atoms with van der Waals surface area (Å²) in [6, 6.07) is 7.85. The maximum atomic E-state index is 10.8. The maximum Gasteiger partial charge on any atom is 0.154 e. The predicted octanol–water partition coefficient (Wildman–Crippen LogP) is 0.806. The van der Waals surface area contributed by atoms with Gasteiger partial charge in [0.2, 0.25) is 0 Å². The zero-order chi connectivity index (χ0) is 7.56. The number of benzene rings is 1. The molecule has 1 radical (unpaired) electrons. The lowest BCUT2D eigenvalue weighted by molar-refractivity contribution is 0.601. The topological polar surface area (TPSA) is 49.1 Å². The van der Waals surface area contributed by atoms with Crippen LogP contribution in [0.2, 0.25) is 0 Å². The van der Waals surface area contributed by atoms with Crippen LogP contribution in [-0.2, 0) is 11.2 Å². The molecule has 2 N–H and O–H groups in total. The first kappa shape index (κ1) is 7.44. The highest BCUT2D eigenvalue weighted by atomic mass is 32.2. The van der Waals surface area contributed by atoms with Crippen LogP contribution in [0.1, 0.15) is 0 Å². The van der Waals surface area contributed by atoms with Gasteiger partial charge in [-0.05, 0) is 23.3 Å². The average molecular weight is 154 g/mol. The largest absolute Gasteiger partial charge is 0.612 e. The minimum Gasteiger partial charge on any atom is -0.612 e. The third-order valence-corrected chi connectivity index (χ3v) is 2.05. The van der Waals surface area contributed by atoms with Crippen LogP contribution < -0.4 is 5.73 Å². The Bertz CT molecular complexity index is 225. The quantitative estimate of drug-likeness (QED) is 0.480. The fourth-order valence-electron chi connectivity index (χ4n) is 0.642. The molecule has 2 nitrogen and oxygen atoms in total. The third-order valence-electron chi connectivity index (χ3n) is 1.13. The zero-order valence-electron chi connectivity index (χ0n) is 5.63. The molecular formula is C7H8NOS. The molecular weight excluding hydrogens is 146 g/mol. The summed E-state index contributed by atoms with van der Waals surface area (Å²) in [5.41, 5.74) is 5.94. The number of hydrogen-bond donors (Lipinski definition) is 1. The molecule has 0 saturated heterocycles. The maximum absolute atomic E-state index is 10.8. The van der Waals surface area contributed by atoms with E-state index in [-0.39, 0.29) is 0 Å².